The zero-order valence-corrected chi connectivity index (χ0v) is 30.6. The predicted octanol–water partition coefficient (Wildman–Crippen LogP) is 13.0. The molecule has 0 atom stereocenters. The molecule has 0 radical (unpaired) electrons. The summed E-state index contributed by atoms with van der Waals surface area (Å²) >= 11 is 0. The summed E-state index contributed by atoms with van der Waals surface area (Å²) in [7, 11) is 0. The number of hydrogen-bond acceptors (Lipinski definition) is 5. The van der Waals surface area contributed by atoms with Gasteiger partial charge in [-0.05, 0) is 57.6 Å². The second-order valence-corrected chi connectivity index (χ2v) is 14.7. The Morgan fingerprint density at radius 3 is 1.56 bits per heavy atom. The van der Waals surface area contributed by atoms with Crippen molar-refractivity contribution in [1.29, 1.82) is 0 Å². The summed E-state index contributed by atoms with van der Waals surface area (Å²) in [4.78, 5) is 15.3. The first-order chi connectivity index (χ1) is 28.2. The van der Waals surface area contributed by atoms with E-state index in [0.29, 0.717) is 17.5 Å². The van der Waals surface area contributed by atoms with E-state index in [1.54, 1.807) is 0 Å². The van der Waals surface area contributed by atoms with Crippen LogP contribution in [0.2, 0.25) is 0 Å². The van der Waals surface area contributed by atoms with E-state index in [1.165, 1.54) is 22.3 Å². The van der Waals surface area contributed by atoms with E-state index < -0.39 is 5.41 Å². The van der Waals surface area contributed by atoms with E-state index >= 15 is 0 Å². The Bertz CT molecular complexity index is 3320. The number of benzene rings is 8. The minimum Gasteiger partial charge on any atom is -0.456 e. The van der Waals surface area contributed by atoms with Crippen LogP contribution in [0, 0.1) is 0 Å². The second-order valence-electron chi connectivity index (χ2n) is 14.7. The first-order valence-corrected chi connectivity index (χ1v) is 19.2. The van der Waals surface area contributed by atoms with Crippen LogP contribution in [0.3, 0.4) is 0 Å². The lowest BCUT2D eigenvalue weighted by molar-refractivity contribution is 0.665. The van der Waals surface area contributed by atoms with Gasteiger partial charge in [0, 0.05) is 32.7 Å². The summed E-state index contributed by atoms with van der Waals surface area (Å²) < 4.78 is 12.9. The fourth-order valence-electron chi connectivity index (χ4n) is 9.12. The number of nitrogens with zero attached hydrogens (tertiary/aromatic N) is 3. The molecule has 5 heteroatoms. The first-order valence-electron chi connectivity index (χ1n) is 19.2. The molecule has 5 nitrogen and oxygen atoms in total. The van der Waals surface area contributed by atoms with Crippen molar-refractivity contribution in [3.05, 3.63) is 210 Å². The fourth-order valence-corrected chi connectivity index (χ4v) is 9.12. The first kappa shape index (κ1) is 31.7. The normalized spacial score (nSPS) is 13.1. The molecule has 0 bridgehead atoms. The smallest absolute Gasteiger partial charge is 0.167 e. The molecule has 12 rings (SSSR count). The average molecular weight is 730 g/mol. The third-order valence-electron chi connectivity index (χ3n) is 11.7. The molecule has 1 aliphatic carbocycles. The second kappa shape index (κ2) is 12.2. The molecule has 1 aliphatic rings. The Kier molecular flexibility index (Phi) is 6.78. The highest BCUT2D eigenvalue weighted by atomic mass is 16.3. The maximum absolute atomic E-state index is 6.50. The largest absolute Gasteiger partial charge is 0.456 e. The number of aromatic nitrogens is 3. The van der Waals surface area contributed by atoms with Crippen LogP contribution >= 0.6 is 0 Å². The molecule has 11 aromatic rings. The summed E-state index contributed by atoms with van der Waals surface area (Å²) in [6.07, 6.45) is 0. The Balaban J connectivity index is 1.06. The molecule has 266 valence electrons. The van der Waals surface area contributed by atoms with Gasteiger partial charge in [0.25, 0.3) is 0 Å². The van der Waals surface area contributed by atoms with Crippen LogP contribution in [0.25, 0.3) is 89.2 Å². The maximum Gasteiger partial charge on any atom is 0.167 e. The summed E-state index contributed by atoms with van der Waals surface area (Å²) in [5, 5.41) is 4.32. The molecule has 57 heavy (non-hydrogen) atoms. The number of hydrogen-bond donors (Lipinski definition) is 0. The van der Waals surface area contributed by atoms with Crippen molar-refractivity contribution in [3.63, 3.8) is 0 Å². The van der Waals surface area contributed by atoms with Crippen LogP contribution < -0.4 is 0 Å². The van der Waals surface area contributed by atoms with Crippen LogP contribution in [-0.4, -0.2) is 15.0 Å². The van der Waals surface area contributed by atoms with Gasteiger partial charge >= 0.3 is 0 Å². The van der Waals surface area contributed by atoms with Gasteiger partial charge in [0.15, 0.2) is 17.5 Å². The van der Waals surface area contributed by atoms with Crippen LogP contribution in [0.1, 0.15) is 22.3 Å². The quantitative estimate of drug-likeness (QED) is 0.176. The van der Waals surface area contributed by atoms with Crippen molar-refractivity contribution >= 4 is 43.9 Å². The highest BCUT2D eigenvalue weighted by Crippen LogP contribution is 2.56. The Hall–Kier alpha value is -7.63. The van der Waals surface area contributed by atoms with E-state index in [9.17, 15) is 0 Å². The van der Waals surface area contributed by atoms with Gasteiger partial charge in [0.05, 0.1) is 11.0 Å². The van der Waals surface area contributed by atoms with Gasteiger partial charge in [-0.15, -0.1) is 0 Å². The maximum atomic E-state index is 6.50. The van der Waals surface area contributed by atoms with Crippen molar-refractivity contribution in [3.8, 4) is 45.3 Å². The summed E-state index contributed by atoms with van der Waals surface area (Å²) in [5.74, 6) is 1.74. The SMILES string of the molecule is c1ccc(-c2nc(-c3ccc(C4(c5ccc6c(c5)oc5ccccc56)c5ccccc5-c5ccccc54)cc3)nc(-c3cccc4c3oc3ccccc34)n2)cc1. The Morgan fingerprint density at radius 2 is 0.842 bits per heavy atom. The fraction of sp³-hybridized carbons (Fsp3) is 0.0192. The number of rotatable bonds is 5. The Morgan fingerprint density at radius 1 is 0.333 bits per heavy atom. The third-order valence-corrected chi connectivity index (χ3v) is 11.7. The van der Waals surface area contributed by atoms with Gasteiger partial charge in [-0.25, -0.2) is 15.0 Å². The highest BCUT2D eigenvalue weighted by molar-refractivity contribution is 6.09. The van der Waals surface area contributed by atoms with Crippen LogP contribution in [-0.2, 0) is 5.41 Å². The monoisotopic (exact) mass is 729 g/mol. The topological polar surface area (TPSA) is 65.0 Å². The predicted molar refractivity (Wildman–Crippen MR) is 228 cm³/mol. The molecular formula is C52H31N3O2. The molecule has 0 saturated heterocycles. The summed E-state index contributed by atoms with van der Waals surface area (Å²) in [6, 6.07) is 65.7. The van der Waals surface area contributed by atoms with Gasteiger partial charge in [-0.1, -0.05) is 164 Å². The number of furan rings is 2. The average Bonchev–Trinajstić information content (AvgIpc) is 3.95. The molecule has 0 spiro atoms. The molecule has 0 unspecified atom stereocenters. The lowest BCUT2D eigenvalue weighted by Gasteiger charge is -2.34. The number of fused-ring (bicyclic) bond motifs is 9. The summed E-state index contributed by atoms with van der Waals surface area (Å²) in [5.41, 5.74) is 12.6. The minimum atomic E-state index is -0.602. The van der Waals surface area contributed by atoms with E-state index in [1.807, 2.05) is 72.8 Å². The van der Waals surface area contributed by atoms with Crippen LogP contribution in [0.4, 0.5) is 0 Å². The van der Waals surface area contributed by atoms with Gasteiger partial charge in [0.1, 0.15) is 22.3 Å². The number of para-hydroxylation sites is 3. The van der Waals surface area contributed by atoms with Crippen molar-refractivity contribution in [2.24, 2.45) is 0 Å². The molecule has 0 amide bonds. The molecule has 0 N–H and O–H groups in total. The van der Waals surface area contributed by atoms with Gasteiger partial charge in [-0.2, -0.15) is 0 Å². The van der Waals surface area contributed by atoms with Crippen molar-refractivity contribution < 1.29 is 8.83 Å². The van der Waals surface area contributed by atoms with Gasteiger partial charge in [0.2, 0.25) is 0 Å². The Labute approximate surface area is 327 Å². The van der Waals surface area contributed by atoms with Crippen molar-refractivity contribution in [2.45, 2.75) is 5.41 Å². The molecule has 0 fully saturated rings. The van der Waals surface area contributed by atoms with E-state index in [2.05, 4.69) is 115 Å². The van der Waals surface area contributed by atoms with E-state index in [0.717, 1.165) is 71.7 Å². The molecule has 3 heterocycles. The molecule has 3 aromatic heterocycles. The molecular weight excluding hydrogens is 699 g/mol. The third kappa shape index (κ3) is 4.66. The van der Waals surface area contributed by atoms with Crippen molar-refractivity contribution in [1.82, 2.24) is 15.0 Å². The molecule has 0 aliphatic heterocycles. The van der Waals surface area contributed by atoms with Crippen LogP contribution in [0.15, 0.2) is 197 Å². The standard InChI is InChI=1S/C52H31N3O2/c1-2-13-32(14-3-1)49-53-50(55-51(54-49)42-20-12-19-41-39-18-7-11-24-46(39)57-48(41)42)33-25-27-34(28-26-33)52(43-21-8-4-15-36(43)37-16-5-9-22-44(37)52)35-29-30-40-38-17-6-10-23-45(38)56-47(40)31-35/h1-31H. The molecule has 0 saturated carbocycles. The minimum absolute atomic E-state index is 0.557. The zero-order chi connectivity index (χ0) is 37.5. The van der Waals surface area contributed by atoms with E-state index in [-0.39, 0.29) is 0 Å². The van der Waals surface area contributed by atoms with Gasteiger partial charge < -0.3 is 8.83 Å². The molecule has 8 aromatic carbocycles. The van der Waals surface area contributed by atoms with Crippen molar-refractivity contribution in [2.75, 3.05) is 0 Å². The van der Waals surface area contributed by atoms with Gasteiger partial charge in [-0.3, -0.25) is 0 Å². The van der Waals surface area contributed by atoms with E-state index in [4.69, 9.17) is 23.8 Å². The lowest BCUT2D eigenvalue weighted by atomic mass is 9.67. The van der Waals surface area contributed by atoms with Crippen LogP contribution in [0.5, 0.6) is 0 Å². The lowest BCUT2D eigenvalue weighted by Crippen LogP contribution is -2.28. The zero-order valence-electron chi connectivity index (χ0n) is 30.6. The summed E-state index contributed by atoms with van der Waals surface area (Å²) in [6.45, 7) is 0. The highest BCUT2D eigenvalue weighted by Gasteiger charge is 2.46.